The van der Waals surface area contributed by atoms with E-state index in [0.29, 0.717) is 19.8 Å². The summed E-state index contributed by atoms with van der Waals surface area (Å²) >= 11 is 0. The number of carbonyl (C=O) groups is 2. The fraction of sp³-hybridized carbons (Fsp3) is 0.600. The Hall–Kier alpha value is -2.16. The molecule has 2 rings (SSSR count). The molecule has 0 unspecified atom stereocenters. The van der Waals surface area contributed by atoms with Crippen molar-refractivity contribution in [1.29, 1.82) is 0 Å². The Morgan fingerprint density at radius 3 is 2.68 bits per heavy atom. The molecule has 1 aliphatic heterocycles. The SMILES string of the molecule is CC(C)(C)OC(=O)N[C@H](COCc1ccccc1)C(=O)N1CCOC[C@@H]1CO. The van der Waals surface area contributed by atoms with Gasteiger partial charge in [0.15, 0.2) is 0 Å². The van der Waals surface area contributed by atoms with Crippen LogP contribution in [-0.4, -0.2) is 72.7 Å². The molecule has 156 valence electrons. The predicted octanol–water partition coefficient (Wildman–Crippen LogP) is 1.32. The molecule has 1 aromatic rings. The second kappa shape index (κ2) is 10.4. The molecule has 8 nitrogen and oxygen atoms in total. The standard InChI is InChI=1S/C20H30N2O6/c1-20(2,3)28-19(25)21-17(14-27-12-15-7-5-4-6-8-15)18(24)22-9-10-26-13-16(22)11-23/h4-8,16-17,23H,9-14H2,1-3H3,(H,21,25)/t16-,17+/m0/s1. The van der Waals surface area contributed by atoms with Crippen molar-refractivity contribution in [1.82, 2.24) is 10.2 Å². The summed E-state index contributed by atoms with van der Waals surface area (Å²) in [5.74, 6) is -0.332. The van der Waals surface area contributed by atoms with Crippen LogP contribution in [0.1, 0.15) is 26.3 Å². The third kappa shape index (κ3) is 7.10. The van der Waals surface area contributed by atoms with Crippen LogP contribution in [0.15, 0.2) is 30.3 Å². The Balaban J connectivity index is 2.03. The first-order chi connectivity index (χ1) is 13.3. The molecule has 0 radical (unpaired) electrons. The Morgan fingerprint density at radius 2 is 2.04 bits per heavy atom. The zero-order valence-corrected chi connectivity index (χ0v) is 16.7. The second-order valence-corrected chi connectivity index (χ2v) is 7.64. The number of hydrogen-bond donors (Lipinski definition) is 2. The van der Waals surface area contributed by atoms with Crippen LogP contribution in [0.5, 0.6) is 0 Å². The Kier molecular flexibility index (Phi) is 8.22. The van der Waals surface area contributed by atoms with Crippen molar-refractivity contribution in [3.05, 3.63) is 35.9 Å². The highest BCUT2D eigenvalue weighted by Gasteiger charge is 2.33. The van der Waals surface area contributed by atoms with Crippen LogP contribution in [0.25, 0.3) is 0 Å². The normalized spacial score (nSPS) is 18.4. The molecule has 8 heteroatoms. The topological polar surface area (TPSA) is 97.3 Å². The maximum atomic E-state index is 13.0. The molecule has 0 spiro atoms. The van der Waals surface area contributed by atoms with E-state index in [1.807, 2.05) is 30.3 Å². The molecule has 2 atom stereocenters. The Bertz CT molecular complexity index is 631. The van der Waals surface area contributed by atoms with Gasteiger partial charge in [-0.25, -0.2) is 4.79 Å². The number of nitrogens with zero attached hydrogens (tertiary/aromatic N) is 1. The van der Waals surface area contributed by atoms with Gasteiger partial charge in [0.25, 0.3) is 0 Å². The van der Waals surface area contributed by atoms with E-state index in [-0.39, 0.29) is 25.7 Å². The van der Waals surface area contributed by atoms with Crippen molar-refractivity contribution in [2.75, 3.05) is 33.0 Å². The molecule has 1 fully saturated rings. The number of aliphatic hydroxyl groups is 1. The minimum atomic E-state index is -0.925. The largest absolute Gasteiger partial charge is 0.444 e. The summed E-state index contributed by atoms with van der Waals surface area (Å²) in [6.07, 6.45) is -0.692. The number of rotatable bonds is 7. The predicted molar refractivity (Wildman–Crippen MR) is 103 cm³/mol. The van der Waals surface area contributed by atoms with Crippen LogP contribution in [0, 0.1) is 0 Å². The van der Waals surface area contributed by atoms with Gasteiger partial charge >= 0.3 is 6.09 Å². The summed E-state index contributed by atoms with van der Waals surface area (Å²) < 4.78 is 16.3. The van der Waals surface area contributed by atoms with Crippen molar-refractivity contribution < 1.29 is 28.9 Å². The van der Waals surface area contributed by atoms with Crippen LogP contribution < -0.4 is 5.32 Å². The number of nitrogens with one attached hydrogen (secondary N) is 1. The quantitative estimate of drug-likeness (QED) is 0.724. The Labute approximate surface area is 165 Å². The molecule has 2 N–H and O–H groups in total. The van der Waals surface area contributed by atoms with Crippen LogP contribution in [0.3, 0.4) is 0 Å². The van der Waals surface area contributed by atoms with Gasteiger partial charge in [-0.15, -0.1) is 0 Å². The zero-order chi connectivity index (χ0) is 20.6. The van der Waals surface area contributed by atoms with E-state index < -0.39 is 23.8 Å². The molecule has 0 saturated carbocycles. The van der Waals surface area contributed by atoms with Crippen LogP contribution in [-0.2, 0) is 25.6 Å². The van der Waals surface area contributed by atoms with Crippen molar-refractivity contribution in [3.63, 3.8) is 0 Å². The lowest BCUT2D eigenvalue weighted by Crippen LogP contribution is -2.58. The molecular formula is C20H30N2O6. The van der Waals surface area contributed by atoms with Gasteiger partial charge in [0.1, 0.15) is 11.6 Å². The minimum Gasteiger partial charge on any atom is -0.444 e. The summed E-state index contributed by atoms with van der Waals surface area (Å²) in [4.78, 5) is 26.8. The van der Waals surface area contributed by atoms with Gasteiger partial charge in [-0.05, 0) is 26.3 Å². The van der Waals surface area contributed by atoms with E-state index in [4.69, 9.17) is 14.2 Å². The average Bonchev–Trinajstić information content (AvgIpc) is 2.66. The molecule has 1 saturated heterocycles. The lowest BCUT2D eigenvalue weighted by atomic mass is 10.1. The first-order valence-corrected chi connectivity index (χ1v) is 9.40. The first-order valence-electron chi connectivity index (χ1n) is 9.40. The summed E-state index contributed by atoms with van der Waals surface area (Å²) in [6.45, 7) is 6.32. The number of hydrogen-bond acceptors (Lipinski definition) is 6. The van der Waals surface area contributed by atoms with Crippen molar-refractivity contribution in [3.8, 4) is 0 Å². The number of aliphatic hydroxyl groups excluding tert-OH is 1. The monoisotopic (exact) mass is 394 g/mol. The zero-order valence-electron chi connectivity index (χ0n) is 16.7. The van der Waals surface area contributed by atoms with Crippen LogP contribution in [0.2, 0.25) is 0 Å². The summed E-state index contributed by atoms with van der Waals surface area (Å²) in [5, 5.41) is 12.1. The van der Waals surface area contributed by atoms with Crippen LogP contribution >= 0.6 is 0 Å². The molecule has 2 amide bonds. The Morgan fingerprint density at radius 1 is 1.32 bits per heavy atom. The maximum Gasteiger partial charge on any atom is 0.408 e. The fourth-order valence-corrected chi connectivity index (χ4v) is 2.79. The smallest absolute Gasteiger partial charge is 0.408 e. The van der Waals surface area contributed by atoms with Crippen molar-refractivity contribution in [2.24, 2.45) is 0 Å². The molecule has 0 aromatic heterocycles. The van der Waals surface area contributed by atoms with Gasteiger partial charge in [0.2, 0.25) is 5.91 Å². The molecule has 28 heavy (non-hydrogen) atoms. The molecule has 0 bridgehead atoms. The molecule has 1 aromatic carbocycles. The number of amides is 2. The van der Waals surface area contributed by atoms with E-state index in [9.17, 15) is 14.7 Å². The van der Waals surface area contributed by atoms with Gasteiger partial charge in [0.05, 0.1) is 39.1 Å². The maximum absolute atomic E-state index is 13.0. The van der Waals surface area contributed by atoms with Gasteiger partial charge in [0, 0.05) is 6.54 Å². The summed E-state index contributed by atoms with van der Waals surface area (Å²) in [7, 11) is 0. The van der Waals surface area contributed by atoms with Crippen molar-refractivity contribution in [2.45, 2.75) is 45.1 Å². The molecule has 1 aliphatic rings. The lowest BCUT2D eigenvalue weighted by molar-refractivity contribution is -0.145. The van der Waals surface area contributed by atoms with E-state index in [2.05, 4.69) is 5.32 Å². The second-order valence-electron chi connectivity index (χ2n) is 7.64. The van der Waals surface area contributed by atoms with Gasteiger partial charge in [-0.3, -0.25) is 4.79 Å². The summed E-state index contributed by atoms with van der Waals surface area (Å²) in [5.41, 5.74) is 0.278. The van der Waals surface area contributed by atoms with Gasteiger partial charge in [-0.1, -0.05) is 30.3 Å². The van der Waals surface area contributed by atoms with Crippen LogP contribution in [0.4, 0.5) is 4.79 Å². The van der Waals surface area contributed by atoms with E-state index in [0.717, 1.165) is 5.56 Å². The van der Waals surface area contributed by atoms with Crippen molar-refractivity contribution >= 4 is 12.0 Å². The van der Waals surface area contributed by atoms with Gasteiger partial charge in [-0.2, -0.15) is 0 Å². The highest BCUT2D eigenvalue weighted by atomic mass is 16.6. The minimum absolute atomic E-state index is 0.0114. The number of ether oxygens (including phenoxy) is 3. The molecule has 1 heterocycles. The van der Waals surface area contributed by atoms with E-state index in [1.54, 1.807) is 20.8 Å². The number of morpholine rings is 1. The highest BCUT2D eigenvalue weighted by Crippen LogP contribution is 2.11. The van der Waals surface area contributed by atoms with Gasteiger partial charge < -0.3 is 29.5 Å². The number of alkyl carbamates (subject to hydrolysis) is 1. The first kappa shape index (κ1) is 22.1. The summed E-state index contributed by atoms with van der Waals surface area (Å²) in [6, 6.07) is 8.18. The van der Waals surface area contributed by atoms with E-state index in [1.165, 1.54) is 4.90 Å². The lowest BCUT2D eigenvalue weighted by Gasteiger charge is -2.36. The number of carbonyl (C=O) groups excluding carboxylic acids is 2. The molecular weight excluding hydrogens is 364 g/mol. The fourth-order valence-electron chi connectivity index (χ4n) is 2.79. The third-order valence-corrected chi connectivity index (χ3v) is 4.11. The van der Waals surface area contributed by atoms with E-state index >= 15 is 0 Å². The third-order valence-electron chi connectivity index (χ3n) is 4.11. The average molecular weight is 394 g/mol. The number of benzene rings is 1. The highest BCUT2D eigenvalue weighted by molar-refractivity contribution is 5.86. The molecule has 0 aliphatic carbocycles.